The second-order valence-corrected chi connectivity index (χ2v) is 7.83. The van der Waals surface area contributed by atoms with Gasteiger partial charge in [0.05, 0.1) is 22.8 Å². The Hall–Kier alpha value is -4.64. The Balaban J connectivity index is 1.48. The Morgan fingerprint density at radius 1 is 1.09 bits per heavy atom. The van der Waals surface area contributed by atoms with Gasteiger partial charge in [-0.15, -0.1) is 0 Å². The summed E-state index contributed by atoms with van der Waals surface area (Å²) in [6.07, 6.45) is 2.36. The molecule has 0 atom stereocenters. The molecule has 5 rings (SSSR count). The number of H-pyrrole nitrogens is 1. The van der Waals surface area contributed by atoms with Crippen molar-refractivity contribution in [2.24, 2.45) is 4.99 Å². The number of carbonyl (C=O) groups excluding carboxylic acids is 1. The van der Waals surface area contributed by atoms with Gasteiger partial charge in [-0.25, -0.2) is 9.79 Å². The lowest BCUT2D eigenvalue weighted by Crippen LogP contribution is -2.35. The maximum atomic E-state index is 12.9. The van der Waals surface area contributed by atoms with Crippen LogP contribution in [0.5, 0.6) is 0 Å². The molecular weight excluding hydrogens is 418 g/mol. The van der Waals surface area contributed by atoms with Crippen molar-refractivity contribution in [1.29, 1.82) is 5.26 Å². The fraction of sp³-hybridized carbons (Fsp3) is 0.120. The number of aromatic nitrogens is 1. The number of benzene rings is 3. The van der Waals surface area contributed by atoms with Crippen LogP contribution in [0.4, 0.5) is 11.4 Å². The van der Waals surface area contributed by atoms with Gasteiger partial charge in [-0.3, -0.25) is 15.1 Å². The van der Waals surface area contributed by atoms with E-state index in [4.69, 9.17) is 9.68 Å². The highest BCUT2D eigenvalue weighted by atomic mass is 16.4. The standard InChI is InChI=1S/C25H19N5O3/c26-14-15-3-1-5-18(11-15)23(31)30-24(27-19-6-2-4-17(12-19)16-7-8-16)28-20-9-10-21-22(13-20)33-25(32)29-21/h1-6,9-13,16H,7-8H2,(H,29,32)(H2,27,28,30,31). The molecule has 0 spiro atoms. The molecule has 1 aliphatic rings. The second-order valence-electron chi connectivity index (χ2n) is 7.83. The lowest BCUT2D eigenvalue weighted by molar-refractivity contribution is 0.0977. The van der Waals surface area contributed by atoms with E-state index in [1.54, 1.807) is 36.4 Å². The highest BCUT2D eigenvalue weighted by Gasteiger charge is 2.23. The molecule has 1 heterocycles. The molecule has 1 amide bonds. The number of hydrogen-bond donors (Lipinski definition) is 3. The smallest absolute Gasteiger partial charge is 0.408 e. The number of fused-ring (bicyclic) bond motifs is 1. The van der Waals surface area contributed by atoms with Crippen molar-refractivity contribution in [3.05, 3.63) is 94.0 Å². The van der Waals surface area contributed by atoms with E-state index >= 15 is 0 Å². The summed E-state index contributed by atoms with van der Waals surface area (Å²) in [5.41, 5.74) is 4.16. The topological polar surface area (TPSA) is 123 Å². The number of carbonyl (C=O) groups is 1. The van der Waals surface area contributed by atoms with E-state index in [0.29, 0.717) is 33.8 Å². The predicted molar refractivity (Wildman–Crippen MR) is 125 cm³/mol. The first-order valence-electron chi connectivity index (χ1n) is 10.5. The van der Waals surface area contributed by atoms with Crippen LogP contribution >= 0.6 is 0 Å². The normalized spacial score (nSPS) is 13.5. The number of amides is 1. The van der Waals surface area contributed by atoms with E-state index < -0.39 is 11.7 Å². The monoisotopic (exact) mass is 437 g/mol. The molecule has 0 bridgehead atoms. The van der Waals surface area contributed by atoms with Crippen molar-refractivity contribution in [2.45, 2.75) is 18.8 Å². The average Bonchev–Trinajstić information content (AvgIpc) is 3.60. The van der Waals surface area contributed by atoms with E-state index in [1.165, 1.54) is 24.5 Å². The first-order chi connectivity index (χ1) is 16.1. The van der Waals surface area contributed by atoms with Gasteiger partial charge in [0.2, 0.25) is 5.96 Å². The molecule has 0 radical (unpaired) electrons. The number of nitrogens with one attached hydrogen (secondary N) is 3. The summed E-state index contributed by atoms with van der Waals surface area (Å²) >= 11 is 0. The molecule has 1 aromatic heterocycles. The minimum Gasteiger partial charge on any atom is -0.408 e. The van der Waals surface area contributed by atoms with Gasteiger partial charge in [0.1, 0.15) is 0 Å². The minimum absolute atomic E-state index is 0.201. The Bertz CT molecular complexity index is 1490. The Morgan fingerprint density at radius 2 is 1.94 bits per heavy atom. The van der Waals surface area contributed by atoms with Crippen LogP contribution in [-0.4, -0.2) is 16.9 Å². The van der Waals surface area contributed by atoms with Crippen LogP contribution in [0.1, 0.15) is 40.2 Å². The van der Waals surface area contributed by atoms with Crippen molar-refractivity contribution >= 4 is 34.3 Å². The first kappa shape index (κ1) is 20.3. The molecule has 0 unspecified atom stereocenters. The molecule has 1 fully saturated rings. The van der Waals surface area contributed by atoms with E-state index in [2.05, 4.69) is 26.7 Å². The highest BCUT2D eigenvalue weighted by molar-refractivity contribution is 6.10. The summed E-state index contributed by atoms with van der Waals surface area (Å²) in [6, 6.07) is 21.5. The third kappa shape index (κ3) is 4.67. The van der Waals surface area contributed by atoms with Gasteiger partial charge < -0.3 is 9.73 Å². The molecule has 33 heavy (non-hydrogen) atoms. The summed E-state index contributed by atoms with van der Waals surface area (Å²) in [5, 5.41) is 15.1. The largest absolute Gasteiger partial charge is 0.417 e. The summed E-state index contributed by atoms with van der Waals surface area (Å²) in [5.74, 6) is -0.181. The third-order valence-corrected chi connectivity index (χ3v) is 5.33. The van der Waals surface area contributed by atoms with Crippen molar-refractivity contribution in [1.82, 2.24) is 10.3 Å². The lowest BCUT2D eigenvalue weighted by atomic mass is 10.1. The maximum absolute atomic E-state index is 12.9. The molecule has 0 aliphatic heterocycles. The van der Waals surface area contributed by atoms with Crippen LogP contribution in [0.3, 0.4) is 0 Å². The van der Waals surface area contributed by atoms with Gasteiger partial charge in [-0.05, 0) is 66.8 Å². The fourth-order valence-electron chi connectivity index (χ4n) is 3.55. The zero-order chi connectivity index (χ0) is 22.8. The van der Waals surface area contributed by atoms with Crippen molar-refractivity contribution in [3.63, 3.8) is 0 Å². The third-order valence-electron chi connectivity index (χ3n) is 5.33. The molecule has 4 aromatic rings. The molecule has 162 valence electrons. The number of aromatic amines is 1. The quantitative estimate of drug-likeness (QED) is 0.323. The second kappa shape index (κ2) is 8.48. The van der Waals surface area contributed by atoms with Crippen LogP contribution in [0.2, 0.25) is 0 Å². The number of aliphatic imine (C=N–C) groups is 1. The van der Waals surface area contributed by atoms with Crippen LogP contribution in [0, 0.1) is 11.3 Å². The number of nitriles is 1. The zero-order valence-electron chi connectivity index (χ0n) is 17.5. The Kier molecular flexibility index (Phi) is 5.21. The van der Waals surface area contributed by atoms with Crippen molar-refractivity contribution in [3.8, 4) is 6.07 Å². The molecule has 0 saturated heterocycles. The molecule has 1 aliphatic carbocycles. The van der Waals surface area contributed by atoms with Gasteiger partial charge in [0.25, 0.3) is 5.91 Å². The molecular formula is C25H19N5O3. The minimum atomic E-state index is -0.549. The van der Waals surface area contributed by atoms with Gasteiger partial charge in [0, 0.05) is 17.3 Å². The summed E-state index contributed by atoms with van der Waals surface area (Å²) < 4.78 is 5.11. The summed E-state index contributed by atoms with van der Waals surface area (Å²) in [4.78, 5) is 31.5. The maximum Gasteiger partial charge on any atom is 0.417 e. The van der Waals surface area contributed by atoms with Crippen LogP contribution in [-0.2, 0) is 0 Å². The summed E-state index contributed by atoms with van der Waals surface area (Å²) in [6.45, 7) is 0. The average molecular weight is 437 g/mol. The van der Waals surface area contributed by atoms with E-state index in [0.717, 1.165) is 5.69 Å². The van der Waals surface area contributed by atoms with Crippen molar-refractivity contribution in [2.75, 3.05) is 5.32 Å². The van der Waals surface area contributed by atoms with Gasteiger partial charge in [0.15, 0.2) is 5.58 Å². The number of guanidine groups is 1. The SMILES string of the molecule is N#Cc1cccc(C(=O)NC(=Nc2ccc3[nH]c(=O)oc3c2)Nc2cccc(C3CC3)c2)c1. The summed E-state index contributed by atoms with van der Waals surface area (Å²) in [7, 11) is 0. The first-order valence-corrected chi connectivity index (χ1v) is 10.5. The van der Waals surface area contributed by atoms with E-state index in [-0.39, 0.29) is 5.96 Å². The number of anilines is 1. The lowest BCUT2D eigenvalue weighted by Gasteiger charge is -2.13. The number of hydrogen-bond acceptors (Lipinski definition) is 5. The van der Waals surface area contributed by atoms with Gasteiger partial charge in [-0.1, -0.05) is 18.2 Å². The van der Waals surface area contributed by atoms with E-state index in [9.17, 15) is 9.59 Å². The van der Waals surface area contributed by atoms with Gasteiger partial charge >= 0.3 is 5.76 Å². The molecule has 1 saturated carbocycles. The van der Waals surface area contributed by atoms with Crippen LogP contribution < -0.4 is 16.4 Å². The molecule has 3 aromatic carbocycles. The molecule has 3 N–H and O–H groups in total. The number of oxazole rings is 1. The Morgan fingerprint density at radius 3 is 2.76 bits per heavy atom. The predicted octanol–water partition coefficient (Wildman–Crippen LogP) is 4.40. The zero-order valence-corrected chi connectivity index (χ0v) is 17.5. The van der Waals surface area contributed by atoms with E-state index in [1.807, 2.05) is 24.3 Å². The molecule has 8 heteroatoms. The molecule has 8 nitrogen and oxygen atoms in total. The van der Waals surface area contributed by atoms with Crippen LogP contribution in [0.25, 0.3) is 11.1 Å². The highest BCUT2D eigenvalue weighted by Crippen LogP contribution is 2.40. The fourth-order valence-corrected chi connectivity index (χ4v) is 3.55. The Labute approximate surface area is 188 Å². The number of nitrogens with zero attached hydrogens (tertiary/aromatic N) is 2. The van der Waals surface area contributed by atoms with Crippen molar-refractivity contribution < 1.29 is 9.21 Å². The van der Waals surface area contributed by atoms with Gasteiger partial charge in [-0.2, -0.15) is 5.26 Å². The van der Waals surface area contributed by atoms with Crippen LogP contribution in [0.15, 0.2) is 80.9 Å². The number of rotatable bonds is 4.